The first-order valence-corrected chi connectivity index (χ1v) is 10.1. The van der Waals surface area contributed by atoms with Crippen LogP contribution in [0.1, 0.15) is 36.8 Å². The number of halogens is 1. The molecule has 1 aliphatic heterocycles. The summed E-state index contributed by atoms with van der Waals surface area (Å²) >= 11 is 0. The van der Waals surface area contributed by atoms with Crippen molar-refractivity contribution >= 4 is 17.6 Å². The maximum absolute atomic E-state index is 13.7. The lowest BCUT2D eigenvalue weighted by Gasteiger charge is -2.32. The third kappa shape index (κ3) is 6.04. The van der Waals surface area contributed by atoms with E-state index in [9.17, 15) is 14.0 Å². The van der Waals surface area contributed by atoms with Crippen molar-refractivity contribution in [2.24, 2.45) is 5.92 Å². The largest absolute Gasteiger partial charge is 0.352 e. The van der Waals surface area contributed by atoms with E-state index in [4.69, 9.17) is 0 Å². The summed E-state index contributed by atoms with van der Waals surface area (Å²) in [6, 6.07) is 13.9. The number of carbonyl (C=O) groups is 2. The molecule has 1 saturated heterocycles. The molecule has 1 fully saturated rings. The van der Waals surface area contributed by atoms with E-state index in [1.165, 1.54) is 6.07 Å². The van der Waals surface area contributed by atoms with Crippen LogP contribution in [0.15, 0.2) is 48.5 Å². The Labute approximate surface area is 171 Å². The molecule has 0 bridgehead atoms. The molecule has 1 heterocycles. The second kappa shape index (κ2) is 10.0. The maximum atomic E-state index is 13.7. The number of hydrogen-bond donors (Lipinski definition) is 2. The molecular formula is C23H28FN3O2. The molecule has 3 rings (SSSR count). The highest BCUT2D eigenvalue weighted by Crippen LogP contribution is 2.22. The van der Waals surface area contributed by atoms with Gasteiger partial charge < -0.3 is 15.5 Å². The summed E-state index contributed by atoms with van der Waals surface area (Å²) in [4.78, 5) is 26.4. The van der Waals surface area contributed by atoms with Gasteiger partial charge in [-0.15, -0.1) is 0 Å². The molecule has 0 aromatic heterocycles. The molecule has 0 aliphatic carbocycles. The number of nitrogens with one attached hydrogen (secondary N) is 2. The van der Waals surface area contributed by atoms with Gasteiger partial charge in [-0.2, -0.15) is 0 Å². The van der Waals surface area contributed by atoms with E-state index in [1.54, 1.807) is 23.1 Å². The standard InChI is InChI=1S/C23H28FN3O2/c1-17-7-2-3-9-19(17)15-25-22(28)13-12-18-8-6-14-27(16-18)23(29)26-21-11-5-4-10-20(21)24/h2-5,7,9-11,18H,6,8,12-16H2,1H3,(H,25,28)(H,26,29). The van der Waals surface area contributed by atoms with Gasteiger partial charge in [0.25, 0.3) is 0 Å². The molecule has 3 amide bonds. The van der Waals surface area contributed by atoms with E-state index >= 15 is 0 Å². The lowest BCUT2D eigenvalue weighted by Crippen LogP contribution is -2.42. The molecule has 1 atom stereocenters. The normalized spacial score (nSPS) is 16.3. The molecule has 0 saturated carbocycles. The van der Waals surface area contributed by atoms with Crippen molar-refractivity contribution in [1.82, 2.24) is 10.2 Å². The number of piperidine rings is 1. The molecule has 154 valence electrons. The number of aryl methyl sites for hydroxylation is 1. The fourth-order valence-electron chi connectivity index (χ4n) is 3.67. The lowest BCUT2D eigenvalue weighted by molar-refractivity contribution is -0.121. The summed E-state index contributed by atoms with van der Waals surface area (Å²) in [6.07, 6.45) is 3.07. The maximum Gasteiger partial charge on any atom is 0.321 e. The van der Waals surface area contributed by atoms with E-state index in [0.29, 0.717) is 26.1 Å². The van der Waals surface area contributed by atoms with Crippen LogP contribution in [0, 0.1) is 18.7 Å². The number of rotatable bonds is 6. The molecule has 2 aromatic rings. The van der Waals surface area contributed by atoms with Gasteiger partial charge in [0.15, 0.2) is 0 Å². The highest BCUT2D eigenvalue weighted by Gasteiger charge is 2.24. The van der Waals surface area contributed by atoms with Crippen LogP contribution in [0.2, 0.25) is 0 Å². The summed E-state index contributed by atoms with van der Waals surface area (Å²) < 4.78 is 13.7. The third-order valence-electron chi connectivity index (χ3n) is 5.44. The van der Waals surface area contributed by atoms with Crippen molar-refractivity contribution < 1.29 is 14.0 Å². The summed E-state index contributed by atoms with van der Waals surface area (Å²) in [5.74, 6) is -0.139. The zero-order valence-electron chi connectivity index (χ0n) is 16.8. The summed E-state index contributed by atoms with van der Waals surface area (Å²) in [7, 11) is 0. The van der Waals surface area contributed by atoms with Crippen molar-refractivity contribution in [2.75, 3.05) is 18.4 Å². The Bertz CT molecular complexity index is 856. The minimum atomic E-state index is -0.445. The van der Waals surface area contributed by atoms with Gasteiger partial charge in [0.05, 0.1) is 5.69 Å². The number of benzene rings is 2. The van der Waals surface area contributed by atoms with Gasteiger partial charge in [0, 0.05) is 26.1 Å². The number of para-hydroxylation sites is 1. The van der Waals surface area contributed by atoms with E-state index in [2.05, 4.69) is 10.6 Å². The van der Waals surface area contributed by atoms with Gasteiger partial charge in [-0.3, -0.25) is 4.79 Å². The van der Waals surface area contributed by atoms with Crippen LogP contribution in [-0.2, 0) is 11.3 Å². The van der Waals surface area contributed by atoms with Crippen LogP contribution in [0.25, 0.3) is 0 Å². The number of carbonyl (C=O) groups excluding carboxylic acids is 2. The number of nitrogens with zero attached hydrogens (tertiary/aromatic N) is 1. The van der Waals surface area contributed by atoms with Crippen molar-refractivity contribution in [3.8, 4) is 0 Å². The Kier molecular flexibility index (Phi) is 7.22. The molecule has 5 nitrogen and oxygen atoms in total. The van der Waals surface area contributed by atoms with Crippen LogP contribution in [0.3, 0.4) is 0 Å². The third-order valence-corrected chi connectivity index (χ3v) is 5.44. The molecule has 2 aromatic carbocycles. The van der Waals surface area contributed by atoms with E-state index in [0.717, 1.165) is 30.4 Å². The minimum absolute atomic E-state index is 0.0289. The van der Waals surface area contributed by atoms with Gasteiger partial charge in [-0.05, 0) is 55.4 Å². The average molecular weight is 397 g/mol. The molecule has 29 heavy (non-hydrogen) atoms. The smallest absolute Gasteiger partial charge is 0.321 e. The van der Waals surface area contributed by atoms with Gasteiger partial charge in [-0.25, -0.2) is 9.18 Å². The number of anilines is 1. The highest BCUT2D eigenvalue weighted by atomic mass is 19.1. The number of amides is 3. The SMILES string of the molecule is Cc1ccccc1CNC(=O)CCC1CCCN(C(=O)Nc2ccccc2F)C1. The van der Waals surface area contributed by atoms with Gasteiger partial charge in [0.1, 0.15) is 5.82 Å². The van der Waals surface area contributed by atoms with Crippen molar-refractivity contribution in [2.45, 2.75) is 39.2 Å². The van der Waals surface area contributed by atoms with Crippen molar-refractivity contribution in [3.63, 3.8) is 0 Å². The first-order chi connectivity index (χ1) is 14.0. The first kappa shape index (κ1) is 20.8. The van der Waals surface area contributed by atoms with Crippen LogP contribution in [-0.4, -0.2) is 29.9 Å². The summed E-state index contributed by atoms with van der Waals surface area (Å²) in [6.45, 7) is 3.80. The molecule has 2 N–H and O–H groups in total. The van der Waals surface area contributed by atoms with Crippen LogP contribution < -0.4 is 10.6 Å². The van der Waals surface area contributed by atoms with Crippen LogP contribution >= 0.6 is 0 Å². The average Bonchev–Trinajstić information content (AvgIpc) is 2.73. The summed E-state index contributed by atoms with van der Waals surface area (Å²) in [5.41, 5.74) is 2.47. The quantitative estimate of drug-likeness (QED) is 0.755. The van der Waals surface area contributed by atoms with Crippen LogP contribution in [0.4, 0.5) is 14.9 Å². The van der Waals surface area contributed by atoms with Crippen LogP contribution in [0.5, 0.6) is 0 Å². The zero-order chi connectivity index (χ0) is 20.6. The van der Waals surface area contributed by atoms with Crippen molar-refractivity contribution in [3.05, 3.63) is 65.5 Å². The molecule has 6 heteroatoms. The molecular weight excluding hydrogens is 369 g/mol. The Morgan fingerprint density at radius 2 is 1.90 bits per heavy atom. The Morgan fingerprint density at radius 1 is 1.14 bits per heavy atom. The minimum Gasteiger partial charge on any atom is -0.352 e. The topological polar surface area (TPSA) is 61.4 Å². The van der Waals surface area contributed by atoms with Gasteiger partial charge in [-0.1, -0.05) is 36.4 Å². The molecule has 0 radical (unpaired) electrons. The fraction of sp³-hybridized carbons (Fsp3) is 0.391. The Morgan fingerprint density at radius 3 is 2.69 bits per heavy atom. The Hall–Kier alpha value is -2.89. The second-order valence-corrected chi connectivity index (χ2v) is 7.61. The monoisotopic (exact) mass is 397 g/mol. The van der Waals surface area contributed by atoms with Gasteiger partial charge in [0.2, 0.25) is 5.91 Å². The van der Waals surface area contributed by atoms with E-state index < -0.39 is 5.82 Å². The predicted octanol–water partition coefficient (Wildman–Crippen LogP) is 4.47. The number of likely N-dealkylation sites (tertiary alicyclic amines) is 1. The zero-order valence-corrected chi connectivity index (χ0v) is 16.8. The highest BCUT2D eigenvalue weighted by molar-refractivity contribution is 5.89. The molecule has 1 aliphatic rings. The first-order valence-electron chi connectivity index (χ1n) is 10.1. The van der Waals surface area contributed by atoms with E-state index in [-0.39, 0.29) is 23.5 Å². The van der Waals surface area contributed by atoms with E-state index in [1.807, 2.05) is 31.2 Å². The fourth-order valence-corrected chi connectivity index (χ4v) is 3.67. The Balaban J connectivity index is 1.43. The second-order valence-electron chi connectivity index (χ2n) is 7.61. The lowest BCUT2D eigenvalue weighted by atomic mass is 9.93. The summed E-state index contributed by atoms with van der Waals surface area (Å²) in [5, 5.41) is 5.62. The van der Waals surface area contributed by atoms with Gasteiger partial charge >= 0.3 is 6.03 Å². The number of urea groups is 1. The predicted molar refractivity (Wildman–Crippen MR) is 112 cm³/mol. The molecule has 1 unspecified atom stereocenters. The molecule has 0 spiro atoms. The number of hydrogen-bond acceptors (Lipinski definition) is 2. The van der Waals surface area contributed by atoms with Crippen molar-refractivity contribution in [1.29, 1.82) is 0 Å².